The van der Waals surface area contributed by atoms with Crippen LogP contribution in [0.1, 0.15) is 18.6 Å². The zero-order chi connectivity index (χ0) is 10.6. The molecule has 0 amide bonds. The minimum Gasteiger partial charge on any atom is -0.508 e. The van der Waals surface area contributed by atoms with Crippen molar-refractivity contribution in [1.82, 2.24) is 0 Å². The Morgan fingerprint density at radius 1 is 1.57 bits per heavy atom. The maximum atomic E-state index is 11.1. The van der Waals surface area contributed by atoms with Gasteiger partial charge in [-0.15, -0.1) is 0 Å². The molecule has 0 saturated carbocycles. The maximum absolute atomic E-state index is 11.1. The smallest absolute Gasteiger partial charge is 0.339 e. The van der Waals surface area contributed by atoms with E-state index in [1.807, 2.05) is 0 Å². The van der Waals surface area contributed by atoms with Crippen LogP contribution >= 0.6 is 0 Å². The first-order valence-corrected chi connectivity index (χ1v) is 4.28. The van der Waals surface area contributed by atoms with Gasteiger partial charge < -0.3 is 14.9 Å². The number of benzene rings is 1. The van der Waals surface area contributed by atoms with E-state index >= 15 is 0 Å². The van der Waals surface area contributed by atoms with Crippen LogP contribution in [0.3, 0.4) is 0 Å². The second-order valence-electron chi connectivity index (χ2n) is 2.75. The summed E-state index contributed by atoms with van der Waals surface area (Å²) < 4.78 is 4.63. The highest BCUT2D eigenvalue weighted by atomic mass is 16.5. The molecule has 4 nitrogen and oxygen atoms in total. The number of aliphatic hydroxyl groups excluding tert-OH is 1. The fourth-order valence-corrected chi connectivity index (χ4v) is 1.05. The lowest BCUT2D eigenvalue weighted by Gasteiger charge is -2.09. The van der Waals surface area contributed by atoms with Crippen molar-refractivity contribution in [2.75, 3.05) is 6.61 Å². The van der Waals surface area contributed by atoms with Crippen LogP contribution in [-0.2, 0) is 9.53 Å². The number of carbonyl (C=O) groups excluding carboxylic acids is 1. The Kier molecular flexibility index (Phi) is 3.48. The number of aliphatic hydroxyl groups is 1. The van der Waals surface area contributed by atoms with Crippen molar-refractivity contribution in [3.63, 3.8) is 0 Å². The molecular formula is C10H12O4. The molecule has 0 unspecified atom stereocenters. The van der Waals surface area contributed by atoms with Crippen LogP contribution in [-0.4, -0.2) is 22.8 Å². The van der Waals surface area contributed by atoms with Gasteiger partial charge in [0.25, 0.3) is 0 Å². The van der Waals surface area contributed by atoms with Crippen LogP contribution in [0.2, 0.25) is 0 Å². The number of phenolic OH excluding ortho intramolecular Hbond substituents is 1. The molecule has 1 aromatic rings. The third-order valence-corrected chi connectivity index (χ3v) is 1.70. The summed E-state index contributed by atoms with van der Waals surface area (Å²) in [7, 11) is 0. The van der Waals surface area contributed by atoms with E-state index < -0.39 is 12.1 Å². The molecule has 0 radical (unpaired) electrons. The topological polar surface area (TPSA) is 66.8 Å². The molecule has 1 rings (SSSR count). The second-order valence-corrected chi connectivity index (χ2v) is 2.75. The number of carbonyl (C=O) groups is 1. The third-order valence-electron chi connectivity index (χ3n) is 1.70. The van der Waals surface area contributed by atoms with E-state index in [1.54, 1.807) is 19.1 Å². The lowest BCUT2D eigenvalue weighted by atomic mass is 10.1. The van der Waals surface area contributed by atoms with Crippen molar-refractivity contribution in [1.29, 1.82) is 0 Å². The molecule has 76 valence electrons. The normalized spacial score (nSPS) is 12.1. The molecule has 14 heavy (non-hydrogen) atoms. The van der Waals surface area contributed by atoms with Gasteiger partial charge in [-0.05, 0) is 24.6 Å². The molecule has 2 N–H and O–H groups in total. The number of hydrogen-bond acceptors (Lipinski definition) is 4. The van der Waals surface area contributed by atoms with Crippen LogP contribution in [0, 0.1) is 0 Å². The molecule has 0 saturated heterocycles. The van der Waals surface area contributed by atoms with E-state index in [0.29, 0.717) is 5.56 Å². The van der Waals surface area contributed by atoms with Gasteiger partial charge in [-0.1, -0.05) is 12.1 Å². The Morgan fingerprint density at radius 3 is 2.86 bits per heavy atom. The lowest BCUT2D eigenvalue weighted by molar-refractivity contribution is -0.153. The van der Waals surface area contributed by atoms with Gasteiger partial charge >= 0.3 is 5.97 Å². The van der Waals surface area contributed by atoms with Crippen LogP contribution in [0.15, 0.2) is 24.3 Å². The van der Waals surface area contributed by atoms with Gasteiger partial charge in [0.15, 0.2) is 6.10 Å². The average molecular weight is 196 g/mol. The molecule has 0 spiro atoms. The number of aromatic hydroxyl groups is 1. The summed E-state index contributed by atoms with van der Waals surface area (Å²) in [5, 5.41) is 18.6. The summed E-state index contributed by atoms with van der Waals surface area (Å²) in [6.07, 6.45) is -1.33. The lowest BCUT2D eigenvalue weighted by Crippen LogP contribution is -2.15. The molecule has 1 atom stereocenters. The first kappa shape index (κ1) is 10.5. The highest BCUT2D eigenvalue weighted by Gasteiger charge is 2.18. The fourth-order valence-electron chi connectivity index (χ4n) is 1.05. The SMILES string of the molecule is CCOC(=O)[C@H](O)c1cccc(O)c1. The third kappa shape index (κ3) is 2.47. The number of hydrogen-bond donors (Lipinski definition) is 2. The first-order valence-electron chi connectivity index (χ1n) is 4.28. The molecule has 0 aliphatic rings. The second kappa shape index (κ2) is 4.62. The predicted octanol–water partition coefficient (Wildman–Crippen LogP) is 0.989. The van der Waals surface area contributed by atoms with E-state index in [0.717, 1.165) is 0 Å². The summed E-state index contributed by atoms with van der Waals surface area (Å²) in [5.41, 5.74) is 0.323. The summed E-state index contributed by atoms with van der Waals surface area (Å²) in [6, 6.07) is 5.87. The number of esters is 1. The fraction of sp³-hybridized carbons (Fsp3) is 0.300. The van der Waals surface area contributed by atoms with Gasteiger partial charge in [0.1, 0.15) is 5.75 Å². The molecule has 0 fully saturated rings. The quantitative estimate of drug-likeness (QED) is 0.707. The van der Waals surface area contributed by atoms with Crippen molar-refractivity contribution in [3.05, 3.63) is 29.8 Å². The Hall–Kier alpha value is -1.55. The Bertz CT molecular complexity index is 322. The summed E-state index contributed by atoms with van der Waals surface area (Å²) in [6.45, 7) is 1.88. The summed E-state index contributed by atoms with van der Waals surface area (Å²) in [5.74, 6) is -0.705. The van der Waals surface area contributed by atoms with Crippen molar-refractivity contribution in [3.8, 4) is 5.75 Å². The highest BCUT2D eigenvalue weighted by Crippen LogP contribution is 2.18. The van der Waals surface area contributed by atoms with Crippen molar-refractivity contribution in [2.45, 2.75) is 13.0 Å². The molecule has 4 heteroatoms. The highest BCUT2D eigenvalue weighted by molar-refractivity contribution is 5.76. The van der Waals surface area contributed by atoms with Crippen molar-refractivity contribution >= 4 is 5.97 Å². The Morgan fingerprint density at radius 2 is 2.29 bits per heavy atom. The van der Waals surface area contributed by atoms with E-state index in [9.17, 15) is 9.90 Å². The summed E-state index contributed by atoms with van der Waals surface area (Å²) in [4.78, 5) is 11.1. The largest absolute Gasteiger partial charge is 0.508 e. The Balaban J connectivity index is 2.78. The van der Waals surface area contributed by atoms with Gasteiger partial charge in [0, 0.05) is 0 Å². The van der Waals surface area contributed by atoms with Crippen LogP contribution < -0.4 is 0 Å². The molecule has 0 aliphatic heterocycles. The zero-order valence-corrected chi connectivity index (χ0v) is 7.80. The minimum atomic E-state index is -1.33. The van der Waals surface area contributed by atoms with E-state index in [4.69, 9.17) is 5.11 Å². The first-order chi connectivity index (χ1) is 6.65. The van der Waals surface area contributed by atoms with Crippen LogP contribution in [0.4, 0.5) is 0 Å². The molecule has 0 bridgehead atoms. The number of phenols is 1. The molecule has 0 aromatic heterocycles. The Labute approximate surface area is 81.8 Å². The number of ether oxygens (including phenoxy) is 1. The molecule has 0 heterocycles. The van der Waals surface area contributed by atoms with Gasteiger partial charge in [-0.3, -0.25) is 0 Å². The van der Waals surface area contributed by atoms with Gasteiger partial charge in [0.2, 0.25) is 0 Å². The van der Waals surface area contributed by atoms with Crippen LogP contribution in [0.25, 0.3) is 0 Å². The summed E-state index contributed by atoms with van der Waals surface area (Å²) >= 11 is 0. The average Bonchev–Trinajstić information content (AvgIpc) is 2.17. The standard InChI is InChI=1S/C10H12O4/c1-2-14-10(13)9(12)7-4-3-5-8(11)6-7/h3-6,9,11-12H,2H2,1H3/t9-/m1/s1. The van der Waals surface area contributed by atoms with Crippen molar-refractivity contribution in [2.24, 2.45) is 0 Å². The number of rotatable bonds is 3. The predicted molar refractivity (Wildman–Crippen MR) is 49.7 cm³/mol. The molecular weight excluding hydrogens is 184 g/mol. The zero-order valence-electron chi connectivity index (χ0n) is 7.80. The van der Waals surface area contributed by atoms with Crippen LogP contribution in [0.5, 0.6) is 5.75 Å². The van der Waals surface area contributed by atoms with E-state index in [1.165, 1.54) is 12.1 Å². The van der Waals surface area contributed by atoms with Gasteiger partial charge in [-0.25, -0.2) is 4.79 Å². The molecule has 0 aliphatic carbocycles. The van der Waals surface area contributed by atoms with Gasteiger partial charge in [-0.2, -0.15) is 0 Å². The maximum Gasteiger partial charge on any atom is 0.339 e. The minimum absolute atomic E-state index is 0.00542. The monoisotopic (exact) mass is 196 g/mol. The molecule has 1 aromatic carbocycles. The van der Waals surface area contributed by atoms with E-state index in [2.05, 4.69) is 4.74 Å². The van der Waals surface area contributed by atoms with Crippen molar-refractivity contribution < 1.29 is 19.7 Å². The van der Waals surface area contributed by atoms with E-state index in [-0.39, 0.29) is 12.4 Å². The van der Waals surface area contributed by atoms with Gasteiger partial charge in [0.05, 0.1) is 6.61 Å².